The number of hydrogen-bond acceptors (Lipinski definition) is 4. The van der Waals surface area contributed by atoms with Gasteiger partial charge in [-0.3, -0.25) is 9.48 Å². The Balaban J connectivity index is 0.00000205. The molecule has 29 heavy (non-hydrogen) atoms. The van der Waals surface area contributed by atoms with E-state index in [0.29, 0.717) is 13.1 Å². The SMILES string of the molecule is Cl.O=C(N1CCc2c(cnn2-c2ccccc2)C1)C1(n2cccn2)CCNCC1. The zero-order chi connectivity index (χ0) is 19.0. The number of nitrogens with zero attached hydrogens (tertiary/aromatic N) is 5. The second kappa shape index (κ2) is 8.00. The van der Waals surface area contributed by atoms with Crippen molar-refractivity contribution in [1.82, 2.24) is 29.8 Å². The number of carbonyl (C=O) groups excluding carboxylic acids is 1. The maximum absolute atomic E-state index is 13.7. The average Bonchev–Trinajstić information content (AvgIpc) is 3.44. The Kier molecular flexibility index (Phi) is 5.43. The molecular formula is C21H25ClN6O. The first-order chi connectivity index (χ1) is 13.8. The lowest BCUT2D eigenvalue weighted by atomic mass is 9.86. The second-order valence-electron chi connectivity index (χ2n) is 7.57. The Morgan fingerprint density at radius 1 is 1.07 bits per heavy atom. The smallest absolute Gasteiger partial charge is 0.250 e. The summed E-state index contributed by atoms with van der Waals surface area (Å²) in [5.74, 6) is 0.177. The largest absolute Gasteiger partial charge is 0.336 e. The summed E-state index contributed by atoms with van der Waals surface area (Å²) in [4.78, 5) is 15.7. The highest BCUT2D eigenvalue weighted by Gasteiger charge is 2.45. The van der Waals surface area contributed by atoms with Crippen LogP contribution in [0.2, 0.25) is 0 Å². The van der Waals surface area contributed by atoms with Crippen molar-refractivity contribution in [1.29, 1.82) is 0 Å². The predicted molar refractivity (Wildman–Crippen MR) is 112 cm³/mol. The molecule has 8 heteroatoms. The summed E-state index contributed by atoms with van der Waals surface area (Å²) in [5.41, 5.74) is 2.82. The normalized spacial score (nSPS) is 18.0. The number of piperidine rings is 1. The van der Waals surface area contributed by atoms with Crippen LogP contribution in [-0.2, 0) is 23.3 Å². The topological polar surface area (TPSA) is 68.0 Å². The third-order valence-electron chi connectivity index (χ3n) is 5.99. The van der Waals surface area contributed by atoms with Crippen LogP contribution in [0.4, 0.5) is 0 Å². The average molecular weight is 413 g/mol. The zero-order valence-electron chi connectivity index (χ0n) is 16.2. The minimum Gasteiger partial charge on any atom is -0.336 e. The molecule has 3 aromatic rings. The molecule has 5 rings (SSSR count). The predicted octanol–water partition coefficient (Wildman–Crippen LogP) is 2.15. The van der Waals surface area contributed by atoms with E-state index in [1.807, 2.05) is 50.9 Å². The standard InChI is InChI=1S/C21H24N6O.ClH/c28-20(21(8-11-22-12-9-21)26-13-4-10-23-26)25-14-7-19-17(16-25)15-24-27(19)18-5-2-1-3-6-18;/h1-6,10,13,15,22H,7-9,11-12,14,16H2;1H. The quantitative estimate of drug-likeness (QED) is 0.715. The molecule has 0 unspecified atom stereocenters. The third-order valence-corrected chi connectivity index (χ3v) is 5.99. The fraction of sp³-hybridized carbons (Fsp3) is 0.381. The minimum absolute atomic E-state index is 0. The molecule has 0 bridgehead atoms. The molecule has 7 nitrogen and oxygen atoms in total. The monoisotopic (exact) mass is 412 g/mol. The second-order valence-corrected chi connectivity index (χ2v) is 7.57. The van der Waals surface area contributed by atoms with Gasteiger partial charge >= 0.3 is 0 Å². The van der Waals surface area contributed by atoms with Crippen molar-refractivity contribution in [3.63, 3.8) is 0 Å². The van der Waals surface area contributed by atoms with E-state index in [1.165, 1.54) is 5.69 Å². The van der Waals surface area contributed by atoms with E-state index in [-0.39, 0.29) is 18.3 Å². The fourth-order valence-electron chi connectivity index (χ4n) is 4.49. The van der Waals surface area contributed by atoms with Gasteiger partial charge in [-0.15, -0.1) is 12.4 Å². The number of fused-ring (bicyclic) bond motifs is 1. The summed E-state index contributed by atoms with van der Waals surface area (Å²) >= 11 is 0. The Hall–Kier alpha value is -2.64. The summed E-state index contributed by atoms with van der Waals surface area (Å²) in [6.07, 6.45) is 7.93. The molecule has 4 heterocycles. The molecule has 2 aliphatic heterocycles. The molecule has 0 saturated carbocycles. The molecule has 0 spiro atoms. The van der Waals surface area contributed by atoms with Gasteiger partial charge in [0.1, 0.15) is 5.54 Å². The number of nitrogens with one attached hydrogen (secondary N) is 1. The van der Waals surface area contributed by atoms with Gasteiger partial charge in [0.05, 0.1) is 17.6 Å². The first-order valence-electron chi connectivity index (χ1n) is 9.89. The van der Waals surface area contributed by atoms with Gasteiger partial charge in [-0.1, -0.05) is 18.2 Å². The summed E-state index contributed by atoms with van der Waals surface area (Å²) in [6, 6.07) is 12.1. The molecule has 0 radical (unpaired) electrons. The molecular weight excluding hydrogens is 388 g/mol. The molecule has 152 valence electrons. The van der Waals surface area contributed by atoms with Gasteiger partial charge in [-0.25, -0.2) is 4.68 Å². The Morgan fingerprint density at radius 3 is 2.59 bits per heavy atom. The molecule has 1 fully saturated rings. The van der Waals surface area contributed by atoms with Crippen molar-refractivity contribution < 1.29 is 4.79 Å². The number of carbonyl (C=O) groups is 1. The van der Waals surface area contributed by atoms with Gasteiger partial charge in [0.25, 0.3) is 5.91 Å². The van der Waals surface area contributed by atoms with Crippen LogP contribution in [0.5, 0.6) is 0 Å². The van der Waals surface area contributed by atoms with E-state index in [0.717, 1.165) is 43.6 Å². The molecule has 1 N–H and O–H groups in total. The molecule has 2 aromatic heterocycles. The van der Waals surface area contributed by atoms with Crippen molar-refractivity contribution >= 4 is 18.3 Å². The van der Waals surface area contributed by atoms with E-state index in [9.17, 15) is 4.79 Å². The highest BCUT2D eigenvalue weighted by molar-refractivity contribution is 5.85. The number of para-hydroxylation sites is 1. The first kappa shape index (κ1) is 19.7. The summed E-state index contributed by atoms with van der Waals surface area (Å²) in [6.45, 7) is 2.98. The van der Waals surface area contributed by atoms with E-state index in [2.05, 4.69) is 27.6 Å². The Bertz CT molecular complexity index is 962. The van der Waals surface area contributed by atoms with Crippen molar-refractivity contribution in [2.45, 2.75) is 31.3 Å². The lowest BCUT2D eigenvalue weighted by Crippen LogP contribution is -2.56. The molecule has 0 atom stereocenters. The van der Waals surface area contributed by atoms with Crippen molar-refractivity contribution in [2.24, 2.45) is 0 Å². The van der Waals surface area contributed by atoms with Gasteiger partial charge in [0.2, 0.25) is 0 Å². The van der Waals surface area contributed by atoms with E-state index < -0.39 is 5.54 Å². The van der Waals surface area contributed by atoms with Crippen LogP contribution in [-0.4, -0.2) is 50.0 Å². The van der Waals surface area contributed by atoms with Crippen LogP contribution < -0.4 is 5.32 Å². The maximum Gasteiger partial charge on any atom is 0.250 e. The highest BCUT2D eigenvalue weighted by Crippen LogP contribution is 2.32. The Morgan fingerprint density at radius 2 is 1.86 bits per heavy atom. The van der Waals surface area contributed by atoms with Crippen molar-refractivity contribution in [2.75, 3.05) is 19.6 Å². The van der Waals surface area contributed by atoms with Crippen LogP contribution in [0, 0.1) is 0 Å². The molecule has 1 saturated heterocycles. The van der Waals surface area contributed by atoms with E-state index >= 15 is 0 Å². The van der Waals surface area contributed by atoms with Crippen LogP contribution >= 0.6 is 12.4 Å². The van der Waals surface area contributed by atoms with Crippen molar-refractivity contribution in [3.05, 3.63) is 66.2 Å². The molecule has 1 aromatic carbocycles. The van der Waals surface area contributed by atoms with Gasteiger partial charge in [-0.2, -0.15) is 10.2 Å². The van der Waals surface area contributed by atoms with Crippen molar-refractivity contribution in [3.8, 4) is 5.69 Å². The Labute approximate surface area is 176 Å². The zero-order valence-corrected chi connectivity index (χ0v) is 17.0. The van der Waals surface area contributed by atoms with Crippen LogP contribution in [0.1, 0.15) is 24.1 Å². The van der Waals surface area contributed by atoms with Crippen LogP contribution in [0.3, 0.4) is 0 Å². The maximum atomic E-state index is 13.7. The minimum atomic E-state index is -0.582. The third kappa shape index (κ3) is 3.34. The number of benzene rings is 1. The van der Waals surface area contributed by atoms with E-state index in [4.69, 9.17) is 0 Å². The molecule has 2 aliphatic rings. The number of rotatable bonds is 3. The highest BCUT2D eigenvalue weighted by atomic mass is 35.5. The van der Waals surface area contributed by atoms with Crippen LogP contribution in [0.25, 0.3) is 5.69 Å². The van der Waals surface area contributed by atoms with Gasteiger partial charge < -0.3 is 10.2 Å². The van der Waals surface area contributed by atoms with Gasteiger partial charge in [0.15, 0.2) is 0 Å². The number of amides is 1. The summed E-state index contributed by atoms with van der Waals surface area (Å²) in [5, 5.41) is 12.4. The molecule has 1 amide bonds. The molecule has 0 aliphatic carbocycles. The van der Waals surface area contributed by atoms with Gasteiger partial charge in [-0.05, 0) is 44.1 Å². The summed E-state index contributed by atoms with van der Waals surface area (Å²) < 4.78 is 3.88. The van der Waals surface area contributed by atoms with Gasteiger partial charge in [0, 0.05) is 37.5 Å². The number of halogens is 1. The lowest BCUT2D eigenvalue weighted by Gasteiger charge is -2.41. The number of aromatic nitrogens is 4. The van der Waals surface area contributed by atoms with Crippen LogP contribution in [0.15, 0.2) is 55.0 Å². The first-order valence-corrected chi connectivity index (χ1v) is 9.89. The van der Waals surface area contributed by atoms with E-state index in [1.54, 1.807) is 6.20 Å². The lowest BCUT2D eigenvalue weighted by molar-refractivity contribution is -0.144. The summed E-state index contributed by atoms with van der Waals surface area (Å²) in [7, 11) is 0. The fourth-order valence-corrected chi connectivity index (χ4v) is 4.49. The number of hydrogen-bond donors (Lipinski definition) is 1.